The highest BCUT2D eigenvalue weighted by Crippen LogP contribution is 2.28. The molecular weight excluding hydrogens is 414 g/mol. The van der Waals surface area contributed by atoms with Gasteiger partial charge in [-0.1, -0.05) is 35.9 Å². The first kappa shape index (κ1) is 19.5. The average molecular weight is 433 g/mol. The fourth-order valence-corrected chi connectivity index (χ4v) is 4.01. The number of benzene rings is 3. The first-order valence-electron chi connectivity index (χ1n) is 9.99. The summed E-state index contributed by atoms with van der Waals surface area (Å²) in [7, 11) is 0. The molecule has 31 heavy (non-hydrogen) atoms. The number of anilines is 1. The number of nitrogens with two attached hydrogens (primary N) is 1. The summed E-state index contributed by atoms with van der Waals surface area (Å²) >= 11 is 6.02. The van der Waals surface area contributed by atoms with Crippen molar-refractivity contribution in [1.29, 1.82) is 0 Å². The van der Waals surface area contributed by atoms with E-state index in [0.29, 0.717) is 28.7 Å². The highest BCUT2D eigenvalue weighted by atomic mass is 35.5. The van der Waals surface area contributed by atoms with Gasteiger partial charge in [0.1, 0.15) is 12.1 Å². The van der Waals surface area contributed by atoms with E-state index in [0.717, 1.165) is 16.6 Å². The Morgan fingerprint density at radius 2 is 1.84 bits per heavy atom. The molecule has 7 heteroatoms. The van der Waals surface area contributed by atoms with E-state index in [1.54, 1.807) is 12.1 Å². The summed E-state index contributed by atoms with van der Waals surface area (Å²) in [6.45, 7) is 0.578. The van der Waals surface area contributed by atoms with Gasteiger partial charge in [-0.25, -0.2) is 9.88 Å². The number of para-hydroxylation sites is 2. The Morgan fingerprint density at radius 1 is 1.03 bits per heavy atom. The SMILES string of the molecule is O=C1CC([NH2+]Cc2cccc(Cl)c2)C(=O)N1c1ccc(-c2nc3ccccc3o2)cc1. The zero-order valence-electron chi connectivity index (χ0n) is 16.5. The van der Waals surface area contributed by atoms with E-state index >= 15 is 0 Å². The average Bonchev–Trinajstić information content (AvgIpc) is 3.33. The fourth-order valence-electron chi connectivity index (χ4n) is 3.80. The Bertz CT molecular complexity index is 1250. The Labute approximate surface area is 183 Å². The molecule has 0 spiro atoms. The maximum Gasteiger partial charge on any atom is 0.292 e. The number of carbonyl (C=O) groups is 2. The molecule has 1 atom stereocenters. The van der Waals surface area contributed by atoms with Crippen LogP contribution in [0.1, 0.15) is 12.0 Å². The number of aromatic nitrogens is 1. The van der Waals surface area contributed by atoms with Crippen LogP contribution >= 0.6 is 11.6 Å². The van der Waals surface area contributed by atoms with Crippen molar-refractivity contribution in [1.82, 2.24) is 4.98 Å². The van der Waals surface area contributed by atoms with E-state index in [9.17, 15) is 9.59 Å². The lowest BCUT2D eigenvalue weighted by molar-refractivity contribution is -0.690. The lowest BCUT2D eigenvalue weighted by Crippen LogP contribution is -2.90. The summed E-state index contributed by atoms with van der Waals surface area (Å²) in [6.07, 6.45) is 0.173. The summed E-state index contributed by atoms with van der Waals surface area (Å²) < 4.78 is 5.79. The smallest absolute Gasteiger partial charge is 0.292 e. The predicted molar refractivity (Wildman–Crippen MR) is 117 cm³/mol. The van der Waals surface area contributed by atoms with Crippen molar-refractivity contribution in [2.45, 2.75) is 19.0 Å². The van der Waals surface area contributed by atoms with Crippen molar-refractivity contribution >= 4 is 40.2 Å². The van der Waals surface area contributed by atoms with Gasteiger partial charge < -0.3 is 9.73 Å². The molecular formula is C24H19ClN3O3+. The maximum absolute atomic E-state index is 12.9. The number of nitrogens with zero attached hydrogens (tertiary/aromatic N) is 2. The minimum atomic E-state index is -0.441. The quantitative estimate of drug-likeness (QED) is 0.489. The number of halogens is 1. The number of rotatable bonds is 5. The second kappa shape index (κ2) is 7.98. The molecule has 5 rings (SSSR count). The lowest BCUT2D eigenvalue weighted by atomic mass is 10.2. The van der Waals surface area contributed by atoms with Crippen molar-refractivity contribution in [2.24, 2.45) is 0 Å². The van der Waals surface area contributed by atoms with E-state index in [4.69, 9.17) is 16.0 Å². The maximum atomic E-state index is 12.9. The fraction of sp³-hybridized carbons (Fsp3) is 0.125. The zero-order valence-corrected chi connectivity index (χ0v) is 17.3. The minimum Gasteiger partial charge on any atom is -0.436 e. The Hall–Kier alpha value is -3.48. The molecule has 6 nitrogen and oxygen atoms in total. The van der Waals surface area contributed by atoms with Gasteiger partial charge in [-0.3, -0.25) is 9.59 Å². The number of quaternary nitrogens is 1. The van der Waals surface area contributed by atoms with Crippen LogP contribution in [-0.2, 0) is 16.1 Å². The molecule has 154 valence electrons. The van der Waals surface area contributed by atoms with Crippen LogP contribution in [0.4, 0.5) is 5.69 Å². The molecule has 0 radical (unpaired) electrons. The van der Waals surface area contributed by atoms with Gasteiger partial charge in [0, 0.05) is 16.1 Å². The Morgan fingerprint density at radius 3 is 2.61 bits per heavy atom. The largest absolute Gasteiger partial charge is 0.436 e. The second-order valence-corrected chi connectivity index (χ2v) is 7.92. The molecule has 1 aromatic heterocycles. The number of hydrogen-bond acceptors (Lipinski definition) is 4. The lowest BCUT2D eigenvalue weighted by Gasteiger charge is -2.14. The van der Waals surface area contributed by atoms with Crippen LogP contribution in [0.3, 0.4) is 0 Å². The van der Waals surface area contributed by atoms with Crippen molar-refractivity contribution < 1.29 is 19.3 Å². The minimum absolute atomic E-state index is 0.173. The molecule has 1 aliphatic heterocycles. The van der Waals surface area contributed by atoms with Crippen molar-refractivity contribution in [2.75, 3.05) is 4.90 Å². The molecule has 2 heterocycles. The highest BCUT2D eigenvalue weighted by Gasteiger charge is 2.42. The Kier molecular flexibility index (Phi) is 5.02. The van der Waals surface area contributed by atoms with Crippen molar-refractivity contribution in [3.63, 3.8) is 0 Å². The van der Waals surface area contributed by atoms with Crippen molar-refractivity contribution in [3.05, 3.63) is 83.4 Å². The first-order valence-corrected chi connectivity index (χ1v) is 10.4. The van der Waals surface area contributed by atoms with Crippen LogP contribution in [0, 0.1) is 0 Å². The molecule has 0 saturated carbocycles. The van der Waals surface area contributed by atoms with E-state index in [-0.39, 0.29) is 18.2 Å². The third kappa shape index (κ3) is 3.83. The number of imide groups is 1. The van der Waals surface area contributed by atoms with Crippen LogP contribution in [0.5, 0.6) is 0 Å². The topological polar surface area (TPSA) is 80.0 Å². The number of oxazole rings is 1. The standard InChI is InChI=1S/C24H18ClN3O3/c25-17-5-3-4-15(12-17)14-26-20-13-22(29)28(24(20)30)18-10-8-16(9-11-18)23-27-19-6-1-2-7-21(19)31-23/h1-12,20,26H,13-14H2/p+1. The number of carbonyl (C=O) groups excluding carboxylic acids is 2. The van der Waals surface area contributed by atoms with Gasteiger partial charge in [-0.05, 0) is 48.5 Å². The van der Waals surface area contributed by atoms with Gasteiger partial charge in [-0.15, -0.1) is 0 Å². The summed E-state index contributed by atoms with van der Waals surface area (Å²) in [5.74, 6) is 0.0909. The number of amides is 2. The summed E-state index contributed by atoms with van der Waals surface area (Å²) in [6, 6.07) is 21.7. The summed E-state index contributed by atoms with van der Waals surface area (Å²) in [4.78, 5) is 31.2. The van der Waals surface area contributed by atoms with Gasteiger partial charge in [0.15, 0.2) is 11.6 Å². The molecule has 4 aromatic rings. The van der Waals surface area contributed by atoms with Crippen LogP contribution in [0.15, 0.2) is 77.2 Å². The third-order valence-electron chi connectivity index (χ3n) is 5.37. The third-order valence-corrected chi connectivity index (χ3v) is 5.61. The molecule has 0 bridgehead atoms. The molecule has 1 aliphatic rings. The normalized spacial score (nSPS) is 16.4. The van der Waals surface area contributed by atoms with Crippen LogP contribution < -0.4 is 10.2 Å². The van der Waals surface area contributed by atoms with Gasteiger partial charge in [0.25, 0.3) is 5.91 Å². The van der Waals surface area contributed by atoms with Crippen LogP contribution in [0.25, 0.3) is 22.6 Å². The first-order chi connectivity index (χ1) is 15.1. The molecule has 1 saturated heterocycles. The van der Waals surface area contributed by atoms with Gasteiger partial charge in [-0.2, -0.15) is 0 Å². The molecule has 1 unspecified atom stereocenters. The zero-order chi connectivity index (χ0) is 21.4. The predicted octanol–water partition coefficient (Wildman–Crippen LogP) is 3.54. The van der Waals surface area contributed by atoms with Gasteiger partial charge in [0.2, 0.25) is 11.8 Å². The molecule has 2 N–H and O–H groups in total. The van der Waals surface area contributed by atoms with Crippen LogP contribution in [0.2, 0.25) is 5.02 Å². The van der Waals surface area contributed by atoms with Crippen molar-refractivity contribution in [3.8, 4) is 11.5 Å². The molecule has 0 aliphatic carbocycles. The molecule has 3 aromatic carbocycles. The molecule has 2 amide bonds. The van der Waals surface area contributed by atoms with E-state index in [2.05, 4.69) is 4.98 Å². The van der Waals surface area contributed by atoms with Gasteiger partial charge >= 0.3 is 0 Å². The summed E-state index contributed by atoms with van der Waals surface area (Å²) in [5.41, 5.74) is 3.83. The van der Waals surface area contributed by atoms with Gasteiger partial charge in [0.05, 0.1) is 12.1 Å². The highest BCUT2D eigenvalue weighted by molar-refractivity contribution is 6.30. The van der Waals surface area contributed by atoms with E-state index in [1.807, 2.05) is 66.0 Å². The summed E-state index contributed by atoms with van der Waals surface area (Å²) in [5, 5.41) is 2.54. The number of fused-ring (bicyclic) bond motifs is 1. The van der Waals surface area contributed by atoms with E-state index < -0.39 is 6.04 Å². The Balaban J connectivity index is 1.31. The monoisotopic (exact) mass is 432 g/mol. The second-order valence-electron chi connectivity index (χ2n) is 7.48. The van der Waals surface area contributed by atoms with E-state index in [1.165, 1.54) is 4.90 Å². The van der Waals surface area contributed by atoms with Crippen LogP contribution in [-0.4, -0.2) is 22.8 Å². The molecule has 1 fully saturated rings. The number of hydrogen-bond donors (Lipinski definition) is 1.